The molecule has 0 aromatic heterocycles. The molecule has 4 nitrogen and oxygen atoms in total. The summed E-state index contributed by atoms with van der Waals surface area (Å²) in [4.78, 5) is 14.2. The summed E-state index contributed by atoms with van der Waals surface area (Å²) >= 11 is 0. The Hall–Kier alpha value is -1.84. The van der Waals surface area contributed by atoms with Crippen molar-refractivity contribution >= 4 is 11.6 Å². The topological polar surface area (TPSA) is 52.9 Å². The van der Waals surface area contributed by atoms with E-state index in [-0.39, 0.29) is 11.8 Å². The summed E-state index contributed by atoms with van der Waals surface area (Å²) in [5, 5.41) is 12.2. The summed E-state index contributed by atoms with van der Waals surface area (Å²) in [6, 6.07) is 5.80. The number of oxime groups is 1. The lowest BCUT2D eigenvalue weighted by atomic mass is 9.92. The Bertz CT molecular complexity index is 522. The molecular weight excluding hydrogens is 216 g/mol. The van der Waals surface area contributed by atoms with Crippen molar-refractivity contribution in [3.05, 3.63) is 34.9 Å². The Labute approximate surface area is 99.5 Å². The van der Waals surface area contributed by atoms with E-state index in [4.69, 9.17) is 5.21 Å². The van der Waals surface area contributed by atoms with Gasteiger partial charge in [-0.3, -0.25) is 4.79 Å². The zero-order valence-electron chi connectivity index (χ0n) is 9.68. The average molecular weight is 230 g/mol. The van der Waals surface area contributed by atoms with E-state index in [2.05, 4.69) is 5.16 Å². The van der Waals surface area contributed by atoms with E-state index in [1.165, 1.54) is 0 Å². The number of fused-ring (bicyclic) bond motifs is 2. The van der Waals surface area contributed by atoms with E-state index in [1.54, 1.807) is 0 Å². The summed E-state index contributed by atoms with van der Waals surface area (Å²) in [6.45, 7) is 2.69. The largest absolute Gasteiger partial charge is 0.409 e. The predicted molar refractivity (Wildman–Crippen MR) is 63.3 cm³/mol. The van der Waals surface area contributed by atoms with Crippen molar-refractivity contribution in [3.8, 4) is 0 Å². The van der Waals surface area contributed by atoms with Gasteiger partial charge in [-0.05, 0) is 18.9 Å². The molecule has 88 valence electrons. The third kappa shape index (κ3) is 1.44. The normalized spacial score (nSPS) is 25.0. The maximum atomic E-state index is 12.3. The molecule has 1 aromatic rings. The molecule has 2 heterocycles. The van der Waals surface area contributed by atoms with E-state index in [1.807, 2.05) is 30.0 Å². The van der Waals surface area contributed by atoms with Crippen LogP contribution in [0, 0.1) is 6.92 Å². The van der Waals surface area contributed by atoms with Gasteiger partial charge in [0, 0.05) is 18.5 Å². The highest BCUT2D eigenvalue weighted by atomic mass is 16.4. The van der Waals surface area contributed by atoms with Gasteiger partial charge in [-0.25, -0.2) is 0 Å². The number of nitrogens with zero attached hydrogens (tertiary/aromatic N) is 2. The molecule has 1 fully saturated rings. The average Bonchev–Trinajstić information content (AvgIpc) is 2.72. The van der Waals surface area contributed by atoms with Crippen molar-refractivity contribution < 1.29 is 10.0 Å². The molecule has 1 N–H and O–H groups in total. The number of Topliss-reactive ketones (excluding diaryl/α,β-unsaturated/α-hetero) is 1. The van der Waals surface area contributed by atoms with E-state index < -0.39 is 0 Å². The first-order chi connectivity index (χ1) is 8.20. The molecule has 0 saturated carbocycles. The van der Waals surface area contributed by atoms with Gasteiger partial charge in [-0.2, -0.15) is 0 Å². The van der Waals surface area contributed by atoms with Gasteiger partial charge in [-0.1, -0.05) is 28.9 Å². The quantitative estimate of drug-likeness (QED) is 0.547. The molecule has 2 aliphatic rings. The fraction of sp³-hybridized carbons (Fsp3) is 0.385. The maximum absolute atomic E-state index is 12.3. The zero-order valence-corrected chi connectivity index (χ0v) is 9.68. The van der Waals surface area contributed by atoms with E-state index >= 15 is 0 Å². The first-order valence-corrected chi connectivity index (χ1v) is 5.82. The number of carbonyl (C=O) groups excluding carboxylic acids is 1. The van der Waals surface area contributed by atoms with Gasteiger partial charge in [0.1, 0.15) is 5.84 Å². The molecule has 0 radical (unpaired) electrons. The Balaban J connectivity index is 2.08. The number of benzene rings is 1. The zero-order chi connectivity index (χ0) is 12.0. The fourth-order valence-electron chi connectivity index (χ4n) is 2.78. The Morgan fingerprint density at radius 3 is 3.06 bits per heavy atom. The molecule has 17 heavy (non-hydrogen) atoms. The lowest BCUT2D eigenvalue weighted by Crippen LogP contribution is -2.42. The van der Waals surface area contributed by atoms with Crippen molar-refractivity contribution in [2.75, 3.05) is 0 Å². The third-order valence-corrected chi connectivity index (χ3v) is 3.63. The third-order valence-electron chi connectivity index (χ3n) is 3.63. The van der Waals surface area contributed by atoms with Gasteiger partial charge in [0.25, 0.3) is 0 Å². The molecule has 0 aliphatic carbocycles. The lowest BCUT2D eigenvalue weighted by Gasteiger charge is -2.31. The van der Waals surface area contributed by atoms with Gasteiger partial charge >= 0.3 is 0 Å². The van der Waals surface area contributed by atoms with Crippen LogP contribution in [-0.4, -0.2) is 27.8 Å². The summed E-state index contributed by atoms with van der Waals surface area (Å²) < 4.78 is 0. The van der Waals surface area contributed by atoms with Crippen LogP contribution < -0.4 is 0 Å². The van der Waals surface area contributed by atoms with Crippen molar-refractivity contribution in [2.24, 2.45) is 5.16 Å². The Kier molecular flexibility index (Phi) is 2.18. The first kappa shape index (κ1) is 10.3. The molecule has 0 spiro atoms. The second-order valence-corrected chi connectivity index (χ2v) is 4.72. The van der Waals surface area contributed by atoms with Crippen LogP contribution in [0.1, 0.15) is 34.3 Å². The lowest BCUT2D eigenvalue weighted by molar-refractivity contribution is 0.0872. The summed E-state index contributed by atoms with van der Waals surface area (Å²) in [5.74, 6) is 0.792. The van der Waals surface area contributed by atoms with Crippen molar-refractivity contribution in [1.82, 2.24) is 4.90 Å². The van der Waals surface area contributed by atoms with E-state index in [0.29, 0.717) is 18.8 Å². The van der Waals surface area contributed by atoms with Crippen molar-refractivity contribution in [1.29, 1.82) is 0 Å². The predicted octanol–water partition coefficient (Wildman–Crippen LogP) is 1.94. The molecule has 2 aliphatic heterocycles. The monoisotopic (exact) mass is 230 g/mol. The van der Waals surface area contributed by atoms with Crippen molar-refractivity contribution in [2.45, 2.75) is 32.4 Å². The minimum absolute atomic E-state index is 0.129. The number of ketones is 1. The first-order valence-electron chi connectivity index (χ1n) is 5.82. The summed E-state index contributed by atoms with van der Waals surface area (Å²) in [6.07, 6.45) is 1.44. The fourth-order valence-corrected chi connectivity index (χ4v) is 2.78. The van der Waals surface area contributed by atoms with Gasteiger partial charge in [0.05, 0.1) is 6.04 Å². The maximum Gasteiger partial charge on any atom is 0.185 e. The number of hydrogen-bond donors (Lipinski definition) is 1. The van der Waals surface area contributed by atoms with E-state index in [0.717, 1.165) is 23.1 Å². The van der Waals surface area contributed by atoms with E-state index in [9.17, 15) is 4.79 Å². The minimum atomic E-state index is -0.129. The van der Waals surface area contributed by atoms with Crippen LogP contribution in [0.25, 0.3) is 0 Å². The molecule has 1 aromatic carbocycles. The molecule has 4 heteroatoms. The highest BCUT2D eigenvalue weighted by molar-refractivity contribution is 6.06. The summed E-state index contributed by atoms with van der Waals surface area (Å²) in [7, 11) is 0. The van der Waals surface area contributed by atoms with Crippen LogP contribution in [0.5, 0.6) is 0 Å². The second kappa shape index (κ2) is 3.58. The minimum Gasteiger partial charge on any atom is -0.409 e. The summed E-state index contributed by atoms with van der Waals surface area (Å²) in [5.41, 5.74) is 3.02. The SMILES string of the molecule is Cc1ccc2c(c1)CN1C(=NO)CCC1C2=O. The molecule has 0 bridgehead atoms. The number of rotatable bonds is 0. The Morgan fingerprint density at radius 2 is 2.29 bits per heavy atom. The van der Waals surface area contributed by atoms with Crippen LogP contribution in [0.3, 0.4) is 0 Å². The second-order valence-electron chi connectivity index (χ2n) is 4.72. The van der Waals surface area contributed by atoms with Crippen molar-refractivity contribution in [3.63, 3.8) is 0 Å². The van der Waals surface area contributed by atoms with Crippen LogP contribution in [-0.2, 0) is 6.54 Å². The smallest absolute Gasteiger partial charge is 0.185 e. The van der Waals surface area contributed by atoms with Gasteiger partial charge in [0.15, 0.2) is 5.78 Å². The number of carbonyl (C=O) groups is 1. The van der Waals surface area contributed by atoms with Gasteiger partial charge in [0.2, 0.25) is 0 Å². The molecule has 0 amide bonds. The Morgan fingerprint density at radius 1 is 1.47 bits per heavy atom. The standard InChI is InChI=1S/C13H14N2O2/c1-8-2-3-10-9(6-8)7-15-11(13(10)16)4-5-12(15)14-17/h2-3,6,11,17H,4-5,7H2,1H3. The number of hydrogen-bond acceptors (Lipinski definition) is 3. The van der Waals surface area contributed by atoms with Crippen LogP contribution in [0.15, 0.2) is 23.4 Å². The number of aryl methyl sites for hydroxylation is 1. The van der Waals surface area contributed by atoms with Gasteiger partial charge in [-0.15, -0.1) is 0 Å². The van der Waals surface area contributed by atoms with Crippen LogP contribution in [0.2, 0.25) is 0 Å². The van der Waals surface area contributed by atoms with Gasteiger partial charge < -0.3 is 10.1 Å². The highest BCUT2D eigenvalue weighted by Gasteiger charge is 2.39. The molecule has 1 atom stereocenters. The number of amidine groups is 1. The molecule has 1 saturated heterocycles. The molecular formula is C13H14N2O2. The van der Waals surface area contributed by atoms with Crippen LogP contribution >= 0.6 is 0 Å². The molecule has 3 rings (SSSR count). The van der Waals surface area contributed by atoms with Crippen LogP contribution in [0.4, 0.5) is 0 Å². The highest BCUT2D eigenvalue weighted by Crippen LogP contribution is 2.31. The molecule has 1 unspecified atom stereocenters.